The summed E-state index contributed by atoms with van der Waals surface area (Å²) in [4.78, 5) is 11.2. The molecule has 12 heavy (non-hydrogen) atoms. The number of Topliss-reactive ketones (excluding diaryl/α,β-unsaturated/α-hetero) is 1. The van der Waals surface area contributed by atoms with Crippen molar-refractivity contribution < 1.29 is 9.90 Å². The molecule has 0 saturated carbocycles. The summed E-state index contributed by atoms with van der Waals surface area (Å²) in [5.41, 5.74) is 0.898. The van der Waals surface area contributed by atoms with Crippen molar-refractivity contribution in [2.24, 2.45) is 0 Å². The van der Waals surface area contributed by atoms with E-state index in [0.29, 0.717) is 12.8 Å². The quantitative estimate of drug-likeness (QED) is 0.620. The molecule has 0 radical (unpaired) electrons. The highest BCUT2D eigenvalue weighted by Crippen LogP contribution is 2.08. The summed E-state index contributed by atoms with van der Waals surface area (Å²) in [7, 11) is 0. The average molecular weight is 170 g/mol. The van der Waals surface area contributed by atoms with Gasteiger partial charge in [0.05, 0.1) is 0 Å². The number of carbonyl (C=O) groups is 1. The lowest BCUT2D eigenvalue weighted by atomic mass is 10.0. The van der Waals surface area contributed by atoms with Crippen LogP contribution < -0.4 is 0 Å². The zero-order valence-corrected chi connectivity index (χ0v) is 7.97. The standard InChI is InChI=1S/C10H18O2/c1-4-6-9(11)10(12)7-8(3)5-2/h9,11H,3-7H2,1-2H3. The Bertz CT molecular complexity index is 161. The highest BCUT2D eigenvalue weighted by molar-refractivity contribution is 5.84. The van der Waals surface area contributed by atoms with E-state index < -0.39 is 6.10 Å². The van der Waals surface area contributed by atoms with E-state index in [9.17, 15) is 9.90 Å². The first-order chi connectivity index (χ1) is 5.61. The molecule has 0 aliphatic heterocycles. The minimum Gasteiger partial charge on any atom is -0.385 e. The highest BCUT2D eigenvalue weighted by Gasteiger charge is 2.13. The van der Waals surface area contributed by atoms with Crippen LogP contribution in [0, 0.1) is 0 Å². The third kappa shape index (κ3) is 4.29. The largest absolute Gasteiger partial charge is 0.385 e. The highest BCUT2D eigenvalue weighted by atomic mass is 16.3. The van der Waals surface area contributed by atoms with E-state index in [-0.39, 0.29) is 5.78 Å². The molecule has 0 aromatic carbocycles. The van der Waals surface area contributed by atoms with E-state index in [2.05, 4.69) is 6.58 Å². The third-order valence-corrected chi connectivity index (χ3v) is 1.86. The maximum Gasteiger partial charge on any atom is 0.165 e. The smallest absolute Gasteiger partial charge is 0.165 e. The topological polar surface area (TPSA) is 37.3 Å². The summed E-state index contributed by atoms with van der Waals surface area (Å²) in [5.74, 6) is -0.0938. The minimum atomic E-state index is -0.779. The maximum absolute atomic E-state index is 11.2. The molecule has 70 valence electrons. The first kappa shape index (κ1) is 11.4. The first-order valence-corrected chi connectivity index (χ1v) is 4.49. The van der Waals surface area contributed by atoms with Crippen LogP contribution >= 0.6 is 0 Å². The number of allylic oxidation sites excluding steroid dienone is 1. The van der Waals surface area contributed by atoms with Gasteiger partial charge in [0.25, 0.3) is 0 Å². The number of aliphatic hydroxyl groups is 1. The molecule has 0 fully saturated rings. The van der Waals surface area contributed by atoms with Crippen LogP contribution in [0.25, 0.3) is 0 Å². The van der Waals surface area contributed by atoms with Crippen molar-refractivity contribution in [3.8, 4) is 0 Å². The Morgan fingerprint density at radius 3 is 2.50 bits per heavy atom. The van der Waals surface area contributed by atoms with Crippen molar-refractivity contribution in [2.75, 3.05) is 0 Å². The fourth-order valence-corrected chi connectivity index (χ4v) is 0.924. The van der Waals surface area contributed by atoms with E-state index in [4.69, 9.17) is 0 Å². The fourth-order valence-electron chi connectivity index (χ4n) is 0.924. The summed E-state index contributed by atoms with van der Waals surface area (Å²) in [6.45, 7) is 7.63. The van der Waals surface area contributed by atoms with E-state index >= 15 is 0 Å². The van der Waals surface area contributed by atoms with Crippen LogP contribution in [0.2, 0.25) is 0 Å². The summed E-state index contributed by atoms with van der Waals surface area (Å²) in [6.07, 6.45) is 1.77. The second-order valence-corrected chi connectivity index (χ2v) is 3.05. The van der Waals surface area contributed by atoms with Gasteiger partial charge in [0.15, 0.2) is 5.78 Å². The lowest BCUT2D eigenvalue weighted by Crippen LogP contribution is -2.19. The lowest BCUT2D eigenvalue weighted by Gasteiger charge is -2.08. The second-order valence-electron chi connectivity index (χ2n) is 3.05. The normalized spacial score (nSPS) is 12.6. The molecular weight excluding hydrogens is 152 g/mol. The summed E-state index contributed by atoms with van der Waals surface area (Å²) >= 11 is 0. The van der Waals surface area contributed by atoms with Gasteiger partial charge in [-0.1, -0.05) is 32.4 Å². The first-order valence-electron chi connectivity index (χ1n) is 4.49. The van der Waals surface area contributed by atoms with Crippen molar-refractivity contribution in [1.82, 2.24) is 0 Å². The second kappa shape index (κ2) is 5.95. The van der Waals surface area contributed by atoms with Gasteiger partial charge in [-0.05, 0) is 12.8 Å². The van der Waals surface area contributed by atoms with Crippen LogP contribution in [0.1, 0.15) is 39.5 Å². The van der Waals surface area contributed by atoms with Crippen LogP contribution in [-0.4, -0.2) is 17.0 Å². The molecule has 0 aliphatic carbocycles. The number of hydrogen-bond acceptors (Lipinski definition) is 2. The molecule has 0 bridgehead atoms. The molecule has 1 atom stereocenters. The van der Waals surface area contributed by atoms with Crippen molar-refractivity contribution in [3.05, 3.63) is 12.2 Å². The fraction of sp³-hybridized carbons (Fsp3) is 0.700. The number of carbonyl (C=O) groups excluding carboxylic acids is 1. The van der Waals surface area contributed by atoms with Gasteiger partial charge in [-0.25, -0.2) is 0 Å². The molecule has 0 amide bonds. The summed E-state index contributed by atoms with van der Waals surface area (Å²) < 4.78 is 0. The van der Waals surface area contributed by atoms with Gasteiger partial charge in [-0.2, -0.15) is 0 Å². The monoisotopic (exact) mass is 170 g/mol. The van der Waals surface area contributed by atoms with E-state index in [1.54, 1.807) is 0 Å². The zero-order chi connectivity index (χ0) is 9.56. The van der Waals surface area contributed by atoms with Crippen molar-refractivity contribution in [3.63, 3.8) is 0 Å². The molecule has 1 N–H and O–H groups in total. The summed E-state index contributed by atoms with van der Waals surface area (Å²) in [5, 5.41) is 9.27. The molecule has 2 heteroatoms. The Morgan fingerprint density at radius 2 is 2.08 bits per heavy atom. The Hall–Kier alpha value is -0.630. The molecule has 0 aliphatic rings. The number of ketones is 1. The van der Waals surface area contributed by atoms with E-state index in [1.165, 1.54) is 0 Å². The van der Waals surface area contributed by atoms with E-state index in [0.717, 1.165) is 18.4 Å². The van der Waals surface area contributed by atoms with Crippen LogP contribution in [-0.2, 0) is 4.79 Å². The van der Waals surface area contributed by atoms with Crippen molar-refractivity contribution >= 4 is 5.78 Å². The van der Waals surface area contributed by atoms with Crippen LogP contribution in [0.5, 0.6) is 0 Å². The Balaban J connectivity index is 3.78. The average Bonchev–Trinajstić information content (AvgIpc) is 2.04. The van der Waals surface area contributed by atoms with Gasteiger partial charge in [0.1, 0.15) is 6.10 Å². The van der Waals surface area contributed by atoms with Gasteiger partial charge in [0.2, 0.25) is 0 Å². The molecule has 0 rings (SSSR count). The third-order valence-electron chi connectivity index (χ3n) is 1.86. The lowest BCUT2D eigenvalue weighted by molar-refractivity contribution is -0.126. The van der Waals surface area contributed by atoms with Gasteiger partial charge in [-0.15, -0.1) is 0 Å². The van der Waals surface area contributed by atoms with Gasteiger partial charge in [0, 0.05) is 6.42 Å². The van der Waals surface area contributed by atoms with Crippen molar-refractivity contribution in [2.45, 2.75) is 45.6 Å². The maximum atomic E-state index is 11.2. The minimum absolute atomic E-state index is 0.0938. The van der Waals surface area contributed by atoms with Gasteiger partial charge in [-0.3, -0.25) is 4.79 Å². The SMILES string of the molecule is C=C(CC)CC(=O)C(O)CCC. The van der Waals surface area contributed by atoms with E-state index in [1.807, 2.05) is 13.8 Å². The Labute approximate surface area is 74.3 Å². The molecule has 0 heterocycles. The molecule has 1 unspecified atom stereocenters. The van der Waals surface area contributed by atoms with Crippen LogP contribution in [0.3, 0.4) is 0 Å². The predicted molar refractivity (Wildman–Crippen MR) is 50.0 cm³/mol. The van der Waals surface area contributed by atoms with Gasteiger partial charge >= 0.3 is 0 Å². The van der Waals surface area contributed by atoms with Crippen LogP contribution in [0.15, 0.2) is 12.2 Å². The Kier molecular flexibility index (Phi) is 5.64. The Morgan fingerprint density at radius 1 is 1.50 bits per heavy atom. The molecule has 0 aromatic rings. The predicted octanol–water partition coefficient (Wildman–Crippen LogP) is 2.07. The van der Waals surface area contributed by atoms with Crippen molar-refractivity contribution in [1.29, 1.82) is 0 Å². The molecule has 0 saturated heterocycles. The molecule has 0 spiro atoms. The molecule has 2 nitrogen and oxygen atoms in total. The number of hydrogen-bond donors (Lipinski definition) is 1. The zero-order valence-electron chi connectivity index (χ0n) is 7.97. The van der Waals surface area contributed by atoms with Crippen LogP contribution in [0.4, 0.5) is 0 Å². The van der Waals surface area contributed by atoms with Gasteiger partial charge < -0.3 is 5.11 Å². The number of rotatable bonds is 6. The molecule has 0 aromatic heterocycles. The summed E-state index contributed by atoms with van der Waals surface area (Å²) in [6, 6.07) is 0. The molecular formula is C10H18O2. The number of aliphatic hydroxyl groups excluding tert-OH is 1.